The highest BCUT2D eigenvalue weighted by Crippen LogP contribution is 2.22. The number of aryl methyl sites for hydroxylation is 1. The first-order valence-electron chi connectivity index (χ1n) is 7.48. The first-order chi connectivity index (χ1) is 11.0. The summed E-state index contributed by atoms with van der Waals surface area (Å²) in [5, 5.41) is 0. The number of thiazole rings is 1. The van der Waals surface area contributed by atoms with Crippen LogP contribution >= 0.6 is 27.3 Å². The fourth-order valence-corrected chi connectivity index (χ4v) is 3.77. The highest BCUT2D eigenvalue weighted by Gasteiger charge is 2.10. The van der Waals surface area contributed by atoms with Gasteiger partial charge < -0.3 is 9.30 Å². The fourth-order valence-electron chi connectivity index (χ4n) is 2.14. The monoisotopic (exact) mass is 398 g/mol. The summed E-state index contributed by atoms with van der Waals surface area (Å²) in [7, 11) is 1.37. The summed E-state index contributed by atoms with van der Waals surface area (Å²) in [6.45, 7) is 2.48. The second-order valence-electron chi connectivity index (χ2n) is 5.08. The predicted octanol–water partition coefficient (Wildman–Crippen LogP) is 3.65. The minimum absolute atomic E-state index is 0.121. The number of fused-ring (bicyclic) bond motifs is 1. The van der Waals surface area contributed by atoms with E-state index in [1.54, 1.807) is 0 Å². The van der Waals surface area contributed by atoms with Crippen molar-refractivity contribution in [1.82, 2.24) is 4.57 Å². The Hall–Kier alpha value is -1.47. The van der Waals surface area contributed by atoms with Crippen molar-refractivity contribution in [2.24, 2.45) is 4.99 Å². The molecule has 0 fully saturated rings. The van der Waals surface area contributed by atoms with E-state index in [1.807, 2.05) is 29.7 Å². The maximum Gasteiger partial charge on any atom is 0.307 e. The van der Waals surface area contributed by atoms with E-state index in [4.69, 9.17) is 4.74 Å². The number of amides is 1. The molecule has 0 saturated carbocycles. The lowest BCUT2D eigenvalue weighted by molar-refractivity contribution is -0.140. The third-order valence-electron chi connectivity index (χ3n) is 3.38. The largest absolute Gasteiger partial charge is 0.469 e. The molecule has 2 aromatic rings. The molecule has 0 spiro atoms. The minimum Gasteiger partial charge on any atom is -0.469 e. The summed E-state index contributed by atoms with van der Waals surface area (Å²) in [5.41, 5.74) is 0.962. The van der Waals surface area contributed by atoms with Crippen LogP contribution in [-0.2, 0) is 20.9 Å². The molecule has 1 amide bonds. The molecule has 0 bridgehead atoms. The Morgan fingerprint density at radius 1 is 1.35 bits per heavy atom. The highest BCUT2D eigenvalue weighted by atomic mass is 79.9. The molecule has 0 unspecified atom stereocenters. The van der Waals surface area contributed by atoms with Gasteiger partial charge in [-0.1, -0.05) is 40.6 Å². The van der Waals surface area contributed by atoms with Gasteiger partial charge in [-0.25, -0.2) is 0 Å². The van der Waals surface area contributed by atoms with E-state index in [0.29, 0.717) is 17.8 Å². The van der Waals surface area contributed by atoms with E-state index >= 15 is 0 Å². The zero-order valence-electron chi connectivity index (χ0n) is 13.2. The molecule has 5 nitrogen and oxygen atoms in total. The highest BCUT2D eigenvalue weighted by molar-refractivity contribution is 9.10. The number of aromatic nitrogens is 1. The van der Waals surface area contributed by atoms with Crippen LogP contribution in [0.3, 0.4) is 0 Å². The second-order valence-corrected chi connectivity index (χ2v) is 7.01. The standard InChI is InChI=1S/C16H19BrN2O3S/c1-3-4-5-14(20)18-16-19(9-8-15(21)22-2)12-7-6-11(17)10-13(12)23-16/h6-7,10H,3-5,8-9H2,1-2H3. The third-order valence-corrected chi connectivity index (χ3v) is 4.91. The normalized spacial score (nSPS) is 11.9. The Morgan fingerprint density at radius 2 is 2.13 bits per heavy atom. The van der Waals surface area contributed by atoms with E-state index < -0.39 is 0 Å². The van der Waals surface area contributed by atoms with Crippen LogP contribution in [0.15, 0.2) is 27.7 Å². The van der Waals surface area contributed by atoms with E-state index in [2.05, 4.69) is 20.9 Å². The summed E-state index contributed by atoms with van der Waals surface area (Å²) in [4.78, 5) is 28.3. The molecule has 23 heavy (non-hydrogen) atoms. The molecule has 1 aromatic heterocycles. The summed E-state index contributed by atoms with van der Waals surface area (Å²) < 4.78 is 8.60. The van der Waals surface area contributed by atoms with E-state index in [9.17, 15) is 9.59 Å². The van der Waals surface area contributed by atoms with Crippen molar-refractivity contribution in [1.29, 1.82) is 0 Å². The number of halogens is 1. The summed E-state index contributed by atoms with van der Waals surface area (Å²) in [6, 6.07) is 5.89. The molecular formula is C16H19BrN2O3S. The Labute approximate surface area is 147 Å². The van der Waals surface area contributed by atoms with Gasteiger partial charge in [0, 0.05) is 17.4 Å². The molecule has 1 heterocycles. The number of unbranched alkanes of at least 4 members (excludes halogenated alkanes) is 1. The molecule has 0 saturated heterocycles. The maximum absolute atomic E-state index is 12.0. The summed E-state index contributed by atoms with van der Waals surface area (Å²) in [6.07, 6.45) is 2.49. The molecule has 124 valence electrons. The number of ether oxygens (including phenoxy) is 1. The van der Waals surface area contributed by atoms with Crippen LogP contribution in [0.2, 0.25) is 0 Å². The van der Waals surface area contributed by atoms with Crippen LogP contribution in [0.25, 0.3) is 10.2 Å². The van der Waals surface area contributed by atoms with Crippen LogP contribution < -0.4 is 4.80 Å². The topological polar surface area (TPSA) is 60.7 Å². The molecule has 0 aliphatic heterocycles. The van der Waals surface area contributed by atoms with E-state index in [0.717, 1.165) is 27.5 Å². The van der Waals surface area contributed by atoms with Crippen LogP contribution in [0, 0.1) is 0 Å². The number of esters is 1. The van der Waals surface area contributed by atoms with E-state index in [1.165, 1.54) is 18.4 Å². The Morgan fingerprint density at radius 3 is 2.83 bits per heavy atom. The van der Waals surface area contributed by atoms with Gasteiger partial charge in [0.2, 0.25) is 5.91 Å². The number of carbonyl (C=O) groups excluding carboxylic acids is 2. The Balaban J connectivity index is 2.42. The lowest BCUT2D eigenvalue weighted by atomic mass is 10.2. The van der Waals surface area contributed by atoms with Gasteiger partial charge in [-0.2, -0.15) is 4.99 Å². The van der Waals surface area contributed by atoms with Gasteiger partial charge in [0.15, 0.2) is 4.80 Å². The number of benzene rings is 1. The van der Waals surface area contributed by atoms with E-state index in [-0.39, 0.29) is 18.3 Å². The zero-order chi connectivity index (χ0) is 16.8. The number of methoxy groups -OCH3 is 1. The molecule has 0 N–H and O–H groups in total. The number of hydrogen-bond acceptors (Lipinski definition) is 4. The van der Waals surface area contributed by atoms with Gasteiger partial charge in [0.25, 0.3) is 0 Å². The summed E-state index contributed by atoms with van der Waals surface area (Å²) >= 11 is 4.90. The SMILES string of the molecule is CCCCC(=O)N=c1sc2cc(Br)ccc2n1CCC(=O)OC. The molecule has 1 aromatic carbocycles. The quantitative estimate of drug-likeness (QED) is 0.697. The van der Waals surface area contributed by atoms with Crippen LogP contribution in [0.1, 0.15) is 32.6 Å². The van der Waals surface area contributed by atoms with Crippen LogP contribution in [0.4, 0.5) is 0 Å². The predicted molar refractivity (Wildman–Crippen MR) is 94.2 cm³/mol. The molecule has 7 heteroatoms. The first kappa shape index (κ1) is 17.9. The molecule has 2 rings (SSSR count). The molecule has 0 atom stereocenters. The Bertz CT molecular complexity index is 779. The van der Waals surface area contributed by atoms with Crippen molar-refractivity contribution in [3.05, 3.63) is 27.5 Å². The van der Waals surface area contributed by atoms with Crippen molar-refractivity contribution in [2.45, 2.75) is 39.2 Å². The van der Waals surface area contributed by atoms with Gasteiger partial charge in [-0.05, 0) is 24.6 Å². The smallest absolute Gasteiger partial charge is 0.307 e. The first-order valence-corrected chi connectivity index (χ1v) is 9.09. The maximum atomic E-state index is 12.0. The number of nitrogens with zero attached hydrogens (tertiary/aromatic N) is 2. The number of hydrogen-bond donors (Lipinski definition) is 0. The average molecular weight is 399 g/mol. The molecule has 0 aliphatic rings. The van der Waals surface area contributed by atoms with Crippen LogP contribution in [0.5, 0.6) is 0 Å². The van der Waals surface area contributed by atoms with Gasteiger partial charge in [-0.3, -0.25) is 9.59 Å². The van der Waals surface area contributed by atoms with Crippen molar-refractivity contribution < 1.29 is 14.3 Å². The molecule has 0 radical (unpaired) electrons. The van der Waals surface area contributed by atoms with Gasteiger partial charge in [0.05, 0.1) is 23.7 Å². The van der Waals surface area contributed by atoms with Crippen molar-refractivity contribution in [2.75, 3.05) is 7.11 Å². The minimum atomic E-state index is -0.280. The average Bonchev–Trinajstić information content (AvgIpc) is 2.86. The number of carbonyl (C=O) groups is 2. The summed E-state index contributed by atoms with van der Waals surface area (Å²) in [5.74, 6) is -0.401. The van der Waals surface area contributed by atoms with Gasteiger partial charge >= 0.3 is 5.97 Å². The van der Waals surface area contributed by atoms with Crippen LogP contribution in [-0.4, -0.2) is 23.6 Å². The zero-order valence-corrected chi connectivity index (χ0v) is 15.6. The fraction of sp³-hybridized carbons (Fsp3) is 0.438. The van der Waals surface area contributed by atoms with Crippen molar-refractivity contribution in [3.63, 3.8) is 0 Å². The lowest BCUT2D eigenvalue weighted by Gasteiger charge is -2.04. The van der Waals surface area contributed by atoms with Gasteiger partial charge in [-0.15, -0.1) is 0 Å². The second kappa shape index (κ2) is 8.40. The van der Waals surface area contributed by atoms with Crippen molar-refractivity contribution >= 4 is 49.4 Å². The molecule has 0 aliphatic carbocycles. The molecular weight excluding hydrogens is 380 g/mol. The Kier molecular flexibility index (Phi) is 6.53. The lowest BCUT2D eigenvalue weighted by Crippen LogP contribution is -2.19. The number of rotatable bonds is 6. The van der Waals surface area contributed by atoms with Crippen molar-refractivity contribution in [3.8, 4) is 0 Å². The van der Waals surface area contributed by atoms with Gasteiger partial charge in [0.1, 0.15) is 0 Å². The third kappa shape index (κ3) is 4.75.